The summed E-state index contributed by atoms with van der Waals surface area (Å²) in [5, 5.41) is 12.6. The molecule has 0 bridgehead atoms. The van der Waals surface area contributed by atoms with Gasteiger partial charge in [-0.15, -0.1) is 0 Å². The summed E-state index contributed by atoms with van der Waals surface area (Å²) >= 11 is 3.43. The van der Waals surface area contributed by atoms with Crippen molar-refractivity contribution in [2.24, 2.45) is 0 Å². The van der Waals surface area contributed by atoms with Gasteiger partial charge in [0.25, 0.3) is 0 Å². The second-order valence-electron chi connectivity index (χ2n) is 3.41. The number of nitrogens with one attached hydrogen (secondary N) is 1. The molecular formula is C10H12BrNO. The second-order valence-corrected chi connectivity index (χ2v) is 4.32. The molecule has 0 saturated carbocycles. The Kier molecular flexibility index (Phi) is 2.67. The number of hydrogen-bond acceptors (Lipinski definition) is 2. The summed E-state index contributed by atoms with van der Waals surface area (Å²) in [7, 11) is 0. The third kappa shape index (κ3) is 2.10. The first-order valence-corrected chi connectivity index (χ1v) is 5.22. The topological polar surface area (TPSA) is 32.3 Å². The molecule has 1 aliphatic rings. The largest absolute Gasteiger partial charge is 0.392 e. The summed E-state index contributed by atoms with van der Waals surface area (Å²) in [5.41, 5.74) is 1.24. The molecule has 1 aromatic carbocycles. The minimum Gasteiger partial charge on any atom is -0.392 e. The summed E-state index contributed by atoms with van der Waals surface area (Å²) in [6, 6.07) is 8.52. The number of aliphatic hydroxyl groups is 1. The van der Waals surface area contributed by atoms with Crippen molar-refractivity contribution in [3.63, 3.8) is 0 Å². The Morgan fingerprint density at radius 3 is 2.92 bits per heavy atom. The van der Waals surface area contributed by atoms with E-state index in [1.54, 1.807) is 0 Å². The molecule has 0 aromatic heterocycles. The molecule has 2 nitrogen and oxygen atoms in total. The Balaban J connectivity index is 2.16. The van der Waals surface area contributed by atoms with Crippen LogP contribution in [0.15, 0.2) is 28.7 Å². The molecule has 0 spiro atoms. The van der Waals surface area contributed by atoms with Crippen molar-refractivity contribution >= 4 is 15.9 Å². The van der Waals surface area contributed by atoms with E-state index in [2.05, 4.69) is 33.4 Å². The maximum atomic E-state index is 9.36. The monoisotopic (exact) mass is 241 g/mol. The van der Waals surface area contributed by atoms with Gasteiger partial charge in [0.15, 0.2) is 0 Å². The van der Waals surface area contributed by atoms with Crippen LogP contribution in [0.3, 0.4) is 0 Å². The van der Waals surface area contributed by atoms with Crippen LogP contribution < -0.4 is 5.32 Å². The Morgan fingerprint density at radius 1 is 1.46 bits per heavy atom. The Bertz CT molecular complexity index is 303. The van der Waals surface area contributed by atoms with Crippen LogP contribution in [-0.2, 0) is 0 Å². The minimum atomic E-state index is -0.191. The number of benzene rings is 1. The van der Waals surface area contributed by atoms with E-state index < -0.39 is 0 Å². The first-order chi connectivity index (χ1) is 6.25. The molecule has 1 heterocycles. The lowest BCUT2D eigenvalue weighted by atomic mass is 10.1. The van der Waals surface area contributed by atoms with Gasteiger partial charge in [-0.2, -0.15) is 0 Å². The molecule has 0 unspecified atom stereocenters. The highest BCUT2D eigenvalue weighted by atomic mass is 79.9. The Hall–Kier alpha value is -0.380. The Labute approximate surface area is 86.1 Å². The molecule has 1 aliphatic heterocycles. The molecule has 3 heteroatoms. The summed E-state index contributed by atoms with van der Waals surface area (Å²) in [5.74, 6) is 0. The highest BCUT2D eigenvalue weighted by Crippen LogP contribution is 2.25. The molecule has 70 valence electrons. The summed E-state index contributed by atoms with van der Waals surface area (Å²) < 4.78 is 1.09. The van der Waals surface area contributed by atoms with E-state index in [0.717, 1.165) is 10.9 Å². The molecular weight excluding hydrogens is 230 g/mol. The van der Waals surface area contributed by atoms with Crippen LogP contribution in [-0.4, -0.2) is 17.8 Å². The van der Waals surface area contributed by atoms with Crippen LogP contribution in [0.2, 0.25) is 0 Å². The van der Waals surface area contributed by atoms with Gasteiger partial charge in [-0.25, -0.2) is 0 Å². The van der Waals surface area contributed by atoms with Crippen molar-refractivity contribution in [1.29, 1.82) is 0 Å². The van der Waals surface area contributed by atoms with Crippen molar-refractivity contribution in [2.75, 3.05) is 6.54 Å². The van der Waals surface area contributed by atoms with E-state index in [-0.39, 0.29) is 6.10 Å². The molecule has 13 heavy (non-hydrogen) atoms. The molecule has 1 saturated heterocycles. The van der Waals surface area contributed by atoms with Gasteiger partial charge in [-0.3, -0.25) is 0 Å². The van der Waals surface area contributed by atoms with Crippen molar-refractivity contribution in [2.45, 2.75) is 18.6 Å². The lowest BCUT2D eigenvalue weighted by Crippen LogP contribution is -2.14. The van der Waals surface area contributed by atoms with E-state index in [9.17, 15) is 5.11 Å². The minimum absolute atomic E-state index is 0.191. The average molecular weight is 242 g/mol. The second kappa shape index (κ2) is 3.78. The third-order valence-corrected chi connectivity index (χ3v) is 2.85. The van der Waals surface area contributed by atoms with Crippen LogP contribution in [0.4, 0.5) is 0 Å². The quantitative estimate of drug-likeness (QED) is 0.787. The van der Waals surface area contributed by atoms with Gasteiger partial charge < -0.3 is 10.4 Å². The third-order valence-electron chi connectivity index (χ3n) is 2.36. The SMILES string of the molecule is O[C@@H]1CN[C@H](c2cccc(Br)c2)C1. The van der Waals surface area contributed by atoms with E-state index in [4.69, 9.17) is 0 Å². The van der Waals surface area contributed by atoms with Crippen LogP contribution in [0.25, 0.3) is 0 Å². The zero-order valence-corrected chi connectivity index (χ0v) is 8.79. The Morgan fingerprint density at radius 2 is 2.31 bits per heavy atom. The first kappa shape index (κ1) is 9.19. The number of β-amino-alcohol motifs (C(OH)–C–C–N with tert-alkyl or cyclic N) is 1. The molecule has 0 aliphatic carbocycles. The maximum absolute atomic E-state index is 9.36. The normalized spacial score (nSPS) is 27.8. The van der Waals surface area contributed by atoms with Crippen molar-refractivity contribution < 1.29 is 5.11 Å². The highest BCUT2D eigenvalue weighted by Gasteiger charge is 2.22. The van der Waals surface area contributed by atoms with Gasteiger partial charge in [0, 0.05) is 17.1 Å². The smallest absolute Gasteiger partial charge is 0.0682 e. The number of aliphatic hydroxyl groups excluding tert-OH is 1. The fraction of sp³-hybridized carbons (Fsp3) is 0.400. The molecule has 1 aromatic rings. The number of hydrogen-bond donors (Lipinski definition) is 2. The van der Waals surface area contributed by atoms with Crippen LogP contribution in [0.1, 0.15) is 18.0 Å². The summed E-state index contributed by atoms with van der Waals surface area (Å²) in [6.45, 7) is 0.706. The molecule has 2 atom stereocenters. The van der Waals surface area contributed by atoms with Gasteiger partial charge in [-0.1, -0.05) is 28.1 Å². The molecule has 1 fully saturated rings. The lowest BCUT2D eigenvalue weighted by molar-refractivity contribution is 0.193. The number of rotatable bonds is 1. The molecule has 2 N–H and O–H groups in total. The first-order valence-electron chi connectivity index (χ1n) is 4.42. The van der Waals surface area contributed by atoms with Gasteiger partial charge in [-0.05, 0) is 24.1 Å². The van der Waals surface area contributed by atoms with Gasteiger partial charge in [0.1, 0.15) is 0 Å². The lowest BCUT2D eigenvalue weighted by Gasteiger charge is -2.10. The van der Waals surface area contributed by atoms with Crippen molar-refractivity contribution in [3.05, 3.63) is 34.3 Å². The zero-order valence-electron chi connectivity index (χ0n) is 7.20. The standard InChI is InChI=1S/C10H12BrNO/c11-8-3-1-2-7(4-8)10-5-9(13)6-12-10/h1-4,9-10,12-13H,5-6H2/t9-,10-/m0/s1. The molecule has 2 rings (SSSR count). The van der Waals surface area contributed by atoms with Crippen LogP contribution in [0.5, 0.6) is 0 Å². The van der Waals surface area contributed by atoms with E-state index in [1.807, 2.05) is 12.1 Å². The highest BCUT2D eigenvalue weighted by molar-refractivity contribution is 9.10. The molecule has 0 amide bonds. The summed E-state index contributed by atoms with van der Waals surface area (Å²) in [6.07, 6.45) is 0.625. The average Bonchev–Trinajstić information content (AvgIpc) is 2.52. The predicted molar refractivity (Wildman–Crippen MR) is 55.5 cm³/mol. The van der Waals surface area contributed by atoms with E-state index in [1.165, 1.54) is 5.56 Å². The van der Waals surface area contributed by atoms with Gasteiger partial charge in [0.2, 0.25) is 0 Å². The number of halogens is 1. The van der Waals surface area contributed by atoms with Gasteiger partial charge >= 0.3 is 0 Å². The molecule has 0 radical (unpaired) electrons. The summed E-state index contributed by atoms with van der Waals surface area (Å²) in [4.78, 5) is 0. The van der Waals surface area contributed by atoms with E-state index >= 15 is 0 Å². The van der Waals surface area contributed by atoms with Crippen LogP contribution >= 0.6 is 15.9 Å². The maximum Gasteiger partial charge on any atom is 0.0682 e. The van der Waals surface area contributed by atoms with Crippen molar-refractivity contribution in [3.8, 4) is 0 Å². The fourth-order valence-electron chi connectivity index (χ4n) is 1.69. The van der Waals surface area contributed by atoms with Crippen LogP contribution in [0, 0.1) is 0 Å². The van der Waals surface area contributed by atoms with Gasteiger partial charge in [0.05, 0.1) is 6.10 Å². The fourth-order valence-corrected chi connectivity index (χ4v) is 2.11. The predicted octanol–water partition coefficient (Wildman–Crippen LogP) is 1.84. The van der Waals surface area contributed by atoms with Crippen molar-refractivity contribution in [1.82, 2.24) is 5.32 Å². The van der Waals surface area contributed by atoms with E-state index in [0.29, 0.717) is 12.6 Å². The zero-order chi connectivity index (χ0) is 9.26.